The van der Waals surface area contributed by atoms with Crippen LogP contribution in [0.3, 0.4) is 0 Å². The van der Waals surface area contributed by atoms with Gasteiger partial charge < -0.3 is 15.4 Å². The average molecular weight is 248 g/mol. The maximum atomic E-state index is 7.58. The fraction of sp³-hybridized carbons (Fsp3) is 0.538. The highest BCUT2D eigenvalue weighted by Crippen LogP contribution is 2.29. The molecule has 1 aliphatic heterocycles. The molecule has 5 heteroatoms. The fourth-order valence-electron chi connectivity index (χ4n) is 2.31. The monoisotopic (exact) mass is 248 g/mol. The lowest BCUT2D eigenvalue weighted by Crippen LogP contribution is -2.41. The zero-order valence-corrected chi connectivity index (χ0v) is 10.7. The number of nitrogens with zero attached hydrogens (tertiary/aromatic N) is 2. The number of ether oxygens (including phenoxy) is 1. The molecule has 1 atom stereocenters. The molecule has 1 aromatic rings. The van der Waals surface area contributed by atoms with Crippen LogP contribution in [-0.4, -0.2) is 30.5 Å². The molecule has 0 radical (unpaired) electrons. The van der Waals surface area contributed by atoms with Gasteiger partial charge in [0, 0.05) is 25.2 Å². The Bertz CT molecular complexity index is 421. The number of pyridine rings is 1. The molecule has 1 unspecified atom stereocenters. The Morgan fingerprint density at radius 2 is 2.50 bits per heavy atom. The molecule has 0 aliphatic carbocycles. The van der Waals surface area contributed by atoms with E-state index in [4.69, 9.17) is 15.9 Å². The first-order valence-corrected chi connectivity index (χ1v) is 6.39. The normalized spacial score (nSPS) is 19.6. The Kier molecular flexibility index (Phi) is 4.02. The second-order valence-corrected chi connectivity index (χ2v) is 4.50. The summed E-state index contributed by atoms with van der Waals surface area (Å²) in [5, 5.41) is 7.58. The molecule has 1 saturated heterocycles. The van der Waals surface area contributed by atoms with E-state index in [0.29, 0.717) is 6.61 Å². The highest BCUT2D eigenvalue weighted by molar-refractivity contribution is 5.80. The number of amidine groups is 1. The summed E-state index contributed by atoms with van der Waals surface area (Å²) >= 11 is 0. The van der Waals surface area contributed by atoms with Crippen molar-refractivity contribution < 1.29 is 4.74 Å². The van der Waals surface area contributed by atoms with Crippen molar-refractivity contribution in [1.29, 1.82) is 5.41 Å². The number of nitrogens with one attached hydrogen (secondary N) is 1. The molecule has 0 saturated carbocycles. The lowest BCUT2D eigenvalue weighted by molar-refractivity contribution is 0.337. The van der Waals surface area contributed by atoms with E-state index in [0.717, 1.165) is 37.5 Å². The van der Waals surface area contributed by atoms with Gasteiger partial charge in [-0.25, -0.2) is 4.98 Å². The van der Waals surface area contributed by atoms with Crippen molar-refractivity contribution in [2.45, 2.75) is 19.8 Å². The number of hydrogen-bond acceptors (Lipinski definition) is 4. The maximum absolute atomic E-state index is 7.58. The largest absolute Gasteiger partial charge is 0.490 e. The van der Waals surface area contributed by atoms with Gasteiger partial charge >= 0.3 is 0 Å². The summed E-state index contributed by atoms with van der Waals surface area (Å²) in [6, 6.07) is 3.81. The van der Waals surface area contributed by atoms with Crippen LogP contribution < -0.4 is 15.4 Å². The van der Waals surface area contributed by atoms with Gasteiger partial charge in [0.05, 0.1) is 12.4 Å². The van der Waals surface area contributed by atoms with Gasteiger partial charge in [0.25, 0.3) is 0 Å². The van der Waals surface area contributed by atoms with E-state index in [1.165, 1.54) is 0 Å². The van der Waals surface area contributed by atoms with Crippen LogP contribution in [0.15, 0.2) is 18.3 Å². The molecule has 0 spiro atoms. The Labute approximate surface area is 107 Å². The molecule has 2 heterocycles. The zero-order chi connectivity index (χ0) is 13.0. The Hall–Kier alpha value is -1.78. The van der Waals surface area contributed by atoms with Crippen LogP contribution in [0.4, 0.5) is 5.82 Å². The third kappa shape index (κ3) is 2.72. The Morgan fingerprint density at radius 1 is 1.67 bits per heavy atom. The minimum atomic E-state index is 0.134. The van der Waals surface area contributed by atoms with Crippen LogP contribution in [0, 0.1) is 11.3 Å². The van der Waals surface area contributed by atoms with E-state index in [9.17, 15) is 0 Å². The van der Waals surface area contributed by atoms with Gasteiger partial charge in [-0.1, -0.05) is 0 Å². The standard InChI is InChI=1S/C13H20N4O/c1-2-18-11-6-3-7-16-13(11)17-8-4-5-10(9-17)12(14)15/h3,6-7,10H,2,4-5,8-9H2,1H3,(H3,14,15). The first-order valence-electron chi connectivity index (χ1n) is 6.39. The molecule has 18 heavy (non-hydrogen) atoms. The molecule has 2 rings (SSSR count). The molecule has 1 aliphatic rings. The zero-order valence-electron chi connectivity index (χ0n) is 10.7. The number of piperidine rings is 1. The number of anilines is 1. The van der Waals surface area contributed by atoms with Crippen LogP contribution in [0.2, 0.25) is 0 Å². The van der Waals surface area contributed by atoms with E-state index in [2.05, 4.69) is 9.88 Å². The van der Waals surface area contributed by atoms with Gasteiger partial charge in [0.1, 0.15) is 0 Å². The van der Waals surface area contributed by atoms with E-state index >= 15 is 0 Å². The van der Waals surface area contributed by atoms with Crippen LogP contribution in [0.5, 0.6) is 5.75 Å². The molecule has 3 N–H and O–H groups in total. The molecule has 5 nitrogen and oxygen atoms in total. The number of rotatable bonds is 4. The lowest BCUT2D eigenvalue weighted by atomic mass is 9.97. The first-order chi connectivity index (χ1) is 8.72. The quantitative estimate of drug-likeness (QED) is 0.627. The third-order valence-corrected chi connectivity index (χ3v) is 3.21. The summed E-state index contributed by atoms with van der Waals surface area (Å²) < 4.78 is 5.60. The molecular weight excluding hydrogens is 228 g/mol. The van der Waals surface area contributed by atoms with Crippen molar-refractivity contribution in [3.63, 3.8) is 0 Å². The van der Waals surface area contributed by atoms with Crippen LogP contribution in [-0.2, 0) is 0 Å². The molecule has 0 amide bonds. The van der Waals surface area contributed by atoms with Crippen molar-refractivity contribution in [3.8, 4) is 5.75 Å². The highest BCUT2D eigenvalue weighted by atomic mass is 16.5. The summed E-state index contributed by atoms with van der Waals surface area (Å²) in [7, 11) is 0. The third-order valence-electron chi connectivity index (χ3n) is 3.21. The van der Waals surface area contributed by atoms with E-state index in [1.54, 1.807) is 6.20 Å². The predicted octanol–water partition coefficient (Wildman–Crippen LogP) is 1.63. The number of aromatic nitrogens is 1. The second-order valence-electron chi connectivity index (χ2n) is 4.50. The summed E-state index contributed by atoms with van der Waals surface area (Å²) in [4.78, 5) is 6.57. The minimum Gasteiger partial charge on any atom is -0.490 e. The highest BCUT2D eigenvalue weighted by Gasteiger charge is 2.24. The molecule has 0 bridgehead atoms. The van der Waals surface area contributed by atoms with E-state index in [1.807, 2.05) is 19.1 Å². The fourth-order valence-corrected chi connectivity index (χ4v) is 2.31. The van der Waals surface area contributed by atoms with Gasteiger partial charge in [-0.2, -0.15) is 0 Å². The average Bonchev–Trinajstić information content (AvgIpc) is 2.40. The minimum absolute atomic E-state index is 0.134. The van der Waals surface area contributed by atoms with Crippen LogP contribution in [0.1, 0.15) is 19.8 Å². The van der Waals surface area contributed by atoms with E-state index in [-0.39, 0.29) is 11.8 Å². The summed E-state index contributed by atoms with van der Waals surface area (Å²) in [6.45, 7) is 4.29. The van der Waals surface area contributed by atoms with Crippen molar-refractivity contribution >= 4 is 11.7 Å². The van der Waals surface area contributed by atoms with Crippen molar-refractivity contribution in [1.82, 2.24) is 4.98 Å². The van der Waals surface area contributed by atoms with Gasteiger partial charge in [-0.3, -0.25) is 5.41 Å². The molecule has 1 fully saturated rings. The molecule has 98 valence electrons. The molecular formula is C13H20N4O. The topological polar surface area (TPSA) is 75.2 Å². The van der Waals surface area contributed by atoms with Crippen LogP contribution >= 0.6 is 0 Å². The first kappa shape index (κ1) is 12.7. The maximum Gasteiger partial charge on any atom is 0.171 e. The van der Waals surface area contributed by atoms with Crippen molar-refractivity contribution in [2.75, 3.05) is 24.6 Å². The molecule has 0 aromatic carbocycles. The SMILES string of the molecule is CCOc1cccnc1N1CCCC(C(=N)N)C1. The second kappa shape index (κ2) is 5.71. The summed E-state index contributed by atoms with van der Waals surface area (Å²) in [5.41, 5.74) is 5.61. The van der Waals surface area contributed by atoms with E-state index < -0.39 is 0 Å². The van der Waals surface area contributed by atoms with Gasteiger partial charge in [0.2, 0.25) is 0 Å². The molecule has 1 aromatic heterocycles. The smallest absolute Gasteiger partial charge is 0.171 e. The number of hydrogen-bond donors (Lipinski definition) is 2. The van der Waals surface area contributed by atoms with Gasteiger partial charge in [-0.05, 0) is 31.9 Å². The summed E-state index contributed by atoms with van der Waals surface area (Å²) in [6.07, 6.45) is 3.80. The van der Waals surface area contributed by atoms with Crippen molar-refractivity contribution in [3.05, 3.63) is 18.3 Å². The number of nitrogens with two attached hydrogens (primary N) is 1. The Balaban J connectivity index is 2.17. The predicted molar refractivity (Wildman–Crippen MR) is 72.3 cm³/mol. The lowest BCUT2D eigenvalue weighted by Gasteiger charge is -2.33. The van der Waals surface area contributed by atoms with Gasteiger partial charge in [-0.15, -0.1) is 0 Å². The Morgan fingerprint density at radius 3 is 3.22 bits per heavy atom. The summed E-state index contributed by atoms with van der Waals surface area (Å²) in [5.74, 6) is 2.08. The van der Waals surface area contributed by atoms with Gasteiger partial charge in [0.15, 0.2) is 11.6 Å². The van der Waals surface area contributed by atoms with Crippen molar-refractivity contribution in [2.24, 2.45) is 11.7 Å². The van der Waals surface area contributed by atoms with Crippen LogP contribution in [0.25, 0.3) is 0 Å².